The van der Waals surface area contributed by atoms with E-state index in [9.17, 15) is 4.79 Å². The fourth-order valence-corrected chi connectivity index (χ4v) is 4.37. The van der Waals surface area contributed by atoms with Gasteiger partial charge in [0.15, 0.2) is 0 Å². The van der Waals surface area contributed by atoms with Crippen molar-refractivity contribution in [1.82, 2.24) is 9.80 Å². The molecule has 2 fully saturated rings. The summed E-state index contributed by atoms with van der Waals surface area (Å²) in [6, 6.07) is 16.8. The van der Waals surface area contributed by atoms with Crippen LogP contribution in [-0.4, -0.2) is 48.6 Å². The Morgan fingerprint density at radius 1 is 1.03 bits per heavy atom. The highest BCUT2D eigenvalue weighted by molar-refractivity contribution is 5.91. The Morgan fingerprint density at radius 2 is 1.71 bits per heavy atom. The van der Waals surface area contributed by atoms with Crippen molar-refractivity contribution in [2.24, 2.45) is 5.92 Å². The summed E-state index contributed by atoms with van der Waals surface area (Å²) in [6.45, 7) is 5.58. The molecule has 5 nitrogen and oxygen atoms in total. The third-order valence-electron chi connectivity index (χ3n) is 6.42. The van der Waals surface area contributed by atoms with Crippen molar-refractivity contribution in [1.29, 1.82) is 0 Å². The predicted octanol–water partition coefficient (Wildman–Crippen LogP) is 5.17. The van der Waals surface area contributed by atoms with Crippen molar-refractivity contribution in [2.75, 3.05) is 32.1 Å². The molecule has 2 aromatic carbocycles. The molecule has 0 bridgehead atoms. The van der Waals surface area contributed by atoms with E-state index in [4.69, 9.17) is 4.74 Å². The molecule has 0 aromatic heterocycles. The van der Waals surface area contributed by atoms with Gasteiger partial charge in [-0.15, -0.1) is 0 Å². The highest BCUT2D eigenvalue weighted by atomic mass is 16.5. The van der Waals surface area contributed by atoms with Crippen molar-refractivity contribution in [3.63, 3.8) is 0 Å². The predicted molar refractivity (Wildman–Crippen MR) is 126 cm³/mol. The van der Waals surface area contributed by atoms with Crippen LogP contribution in [0.5, 0.6) is 5.75 Å². The van der Waals surface area contributed by atoms with Crippen LogP contribution in [0.4, 0.5) is 10.5 Å². The lowest BCUT2D eigenvalue weighted by Gasteiger charge is -2.29. The Morgan fingerprint density at radius 3 is 2.39 bits per heavy atom. The molecule has 1 heterocycles. The normalized spacial score (nSPS) is 17.4. The quantitative estimate of drug-likeness (QED) is 0.640. The van der Waals surface area contributed by atoms with Gasteiger partial charge in [0.1, 0.15) is 5.75 Å². The molecule has 2 aliphatic rings. The minimum absolute atomic E-state index is 0.0509. The molecule has 4 rings (SSSR count). The highest BCUT2D eigenvalue weighted by Crippen LogP contribution is 2.31. The second-order valence-electron chi connectivity index (χ2n) is 8.99. The first-order chi connectivity index (χ1) is 15.1. The van der Waals surface area contributed by atoms with Crippen LogP contribution in [-0.2, 0) is 13.0 Å². The van der Waals surface area contributed by atoms with Gasteiger partial charge >= 0.3 is 6.03 Å². The summed E-state index contributed by atoms with van der Waals surface area (Å²) in [4.78, 5) is 17.5. The van der Waals surface area contributed by atoms with Crippen LogP contribution in [0, 0.1) is 5.92 Å². The maximum absolute atomic E-state index is 13.1. The van der Waals surface area contributed by atoms with Crippen LogP contribution < -0.4 is 10.1 Å². The van der Waals surface area contributed by atoms with Gasteiger partial charge in [-0.25, -0.2) is 4.79 Å². The van der Waals surface area contributed by atoms with E-state index in [-0.39, 0.29) is 6.03 Å². The van der Waals surface area contributed by atoms with E-state index in [0.29, 0.717) is 24.9 Å². The number of nitrogens with one attached hydrogen (secondary N) is 1. The van der Waals surface area contributed by atoms with Gasteiger partial charge in [0.25, 0.3) is 0 Å². The van der Waals surface area contributed by atoms with E-state index < -0.39 is 0 Å². The summed E-state index contributed by atoms with van der Waals surface area (Å²) in [5.41, 5.74) is 3.33. The molecule has 1 aliphatic carbocycles. The number of para-hydroxylation sites is 2. The zero-order valence-electron chi connectivity index (χ0n) is 18.8. The lowest BCUT2D eigenvalue weighted by atomic mass is 9.90. The van der Waals surface area contributed by atoms with Gasteiger partial charge in [-0.3, -0.25) is 0 Å². The molecule has 31 heavy (non-hydrogen) atoms. The number of nitrogens with zero attached hydrogens (tertiary/aromatic N) is 2. The maximum atomic E-state index is 13.1. The number of hydrogen-bond donors (Lipinski definition) is 1. The SMILES string of the molecule is CCOc1ccccc1NC(=O)N(Cc1ccc(CC2CCN(C)CC2)cc1)C1CC1. The molecule has 2 aromatic rings. The van der Waals surface area contributed by atoms with Crippen molar-refractivity contribution in [3.05, 3.63) is 59.7 Å². The van der Waals surface area contributed by atoms with Crippen LogP contribution in [0.25, 0.3) is 0 Å². The van der Waals surface area contributed by atoms with Gasteiger partial charge in [-0.2, -0.15) is 0 Å². The largest absolute Gasteiger partial charge is 0.492 e. The van der Waals surface area contributed by atoms with Crippen LogP contribution in [0.2, 0.25) is 0 Å². The first kappa shape index (κ1) is 21.7. The van der Waals surface area contributed by atoms with Crippen molar-refractivity contribution >= 4 is 11.7 Å². The molecule has 5 heteroatoms. The molecule has 0 unspecified atom stereocenters. The lowest BCUT2D eigenvalue weighted by Crippen LogP contribution is -2.36. The van der Waals surface area contributed by atoms with Crippen LogP contribution >= 0.6 is 0 Å². The summed E-state index contributed by atoms with van der Waals surface area (Å²) in [6.07, 6.45) is 5.90. The number of carbonyl (C=O) groups excluding carboxylic acids is 1. The van der Waals surface area contributed by atoms with Crippen LogP contribution in [0.1, 0.15) is 43.7 Å². The molecule has 166 valence electrons. The van der Waals surface area contributed by atoms with E-state index in [0.717, 1.165) is 30.9 Å². The topological polar surface area (TPSA) is 44.8 Å². The Kier molecular flexibility index (Phi) is 7.13. The van der Waals surface area contributed by atoms with Crippen molar-refractivity contribution < 1.29 is 9.53 Å². The minimum Gasteiger partial charge on any atom is -0.492 e. The molecule has 0 radical (unpaired) electrons. The number of hydrogen-bond acceptors (Lipinski definition) is 3. The third kappa shape index (κ3) is 6.01. The van der Waals surface area contributed by atoms with Crippen molar-refractivity contribution in [3.8, 4) is 5.75 Å². The number of piperidine rings is 1. The standard InChI is InChI=1S/C26H35N3O2/c1-3-31-25-7-5-4-6-24(25)27-26(30)29(23-12-13-23)19-22-10-8-20(9-11-22)18-21-14-16-28(2)17-15-21/h4-11,21,23H,3,12-19H2,1-2H3,(H,27,30). The number of amides is 2. The molecule has 0 spiro atoms. The number of urea groups is 1. The molecule has 1 saturated heterocycles. The molecular formula is C26H35N3O2. The van der Waals surface area contributed by atoms with E-state index in [2.05, 4.69) is 41.5 Å². The van der Waals surface area contributed by atoms with Gasteiger partial charge in [-0.05, 0) is 88.3 Å². The van der Waals surface area contributed by atoms with Crippen molar-refractivity contribution in [2.45, 2.75) is 51.6 Å². The summed E-state index contributed by atoms with van der Waals surface area (Å²) in [7, 11) is 2.21. The molecule has 0 atom stereocenters. The number of rotatable bonds is 8. The number of carbonyl (C=O) groups is 1. The van der Waals surface area contributed by atoms with Gasteiger partial charge < -0.3 is 19.9 Å². The summed E-state index contributed by atoms with van der Waals surface area (Å²) >= 11 is 0. The average Bonchev–Trinajstić information content (AvgIpc) is 3.61. The lowest BCUT2D eigenvalue weighted by molar-refractivity contribution is 0.206. The molecular weight excluding hydrogens is 386 g/mol. The monoisotopic (exact) mass is 421 g/mol. The number of ether oxygens (including phenoxy) is 1. The summed E-state index contributed by atoms with van der Waals surface area (Å²) in [5.74, 6) is 1.51. The van der Waals surface area contributed by atoms with Crippen LogP contribution in [0.15, 0.2) is 48.5 Å². The van der Waals surface area contributed by atoms with Gasteiger partial charge in [0.05, 0.1) is 12.3 Å². The fraction of sp³-hybridized carbons (Fsp3) is 0.500. The molecule has 1 N–H and O–H groups in total. The van der Waals surface area contributed by atoms with Gasteiger partial charge in [-0.1, -0.05) is 36.4 Å². The fourth-order valence-electron chi connectivity index (χ4n) is 4.37. The minimum atomic E-state index is -0.0509. The number of anilines is 1. The third-order valence-corrected chi connectivity index (χ3v) is 6.42. The first-order valence-corrected chi connectivity index (χ1v) is 11.7. The van der Waals surface area contributed by atoms with E-state index in [1.54, 1.807) is 0 Å². The Hall–Kier alpha value is -2.53. The maximum Gasteiger partial charge on any atom is 0.322 e. The molecule has 2 amide bonds. The Bertz CT molecular complexity index is 855. The number of likely N-dealkylation sites (tertiary alicyclic amines) is 1. The molecule has 1 aliphatic heterocycles. The average molecular weight is 422 g/mol. The van der Waals surface area contributed by atoms with Gasteiger partial charge in [0, 0.05) is 12.6 Å². The first-order valence-electron chi connectivity index (χ1n) is 11.7. The second-order valence-corrected chi connectivity index (χ2v) is 8.99. The second kappa shape index (κ2) is 10.2. The summed E-state index contributed by atoms with van der Waals surface area (Å²) < 4.78 is 5.66. The number of benzene rings is 2. The van der Waals surface area contributed by atoms with E-state index >= 15 is 0 Å². The van der Waals surface area contributed by atoms with Gasteiger partial charge in [0.2, 0.25) is 0 Å². The smallest absolute Gasteiger partial charge is 0.322 e. The van der Waals surface area contributed by atoms with E-state index in [1.807, 2.05) is 36.1 Å². The zero-order valence-corrected chi connectivity index (χ0v) is 18.8. The molecule has 1 saturated carbocycles. The van der Waals surface area contributed by atoms with Crippen LogP contribution in [0.3, 0.4) is 0 Å². The highest BCUT2D eigenvalue weighted by Gasteiger charge is 2.33. The zero-order chi connectivity index (χ0) is 21.6. The summed E-state index contributed by atoms with van der Waals surface area (Å²) in [5, 5.41) is 3.06. The Labute approximate surface area is 186 Å². The Balaban J connectivity index is 1.36. The van der Waals surface area contributed by atoms with E-state index in [1.165, 1.54) is 37.1 Å².